The van der Waals surface area contributed by atoms with Crippen molar-refractivity contribution in [2.75, 3.05) is 18.5 Å². The third-order valence-electron chi connectivity index (χ3n) is 3.86. The van der Waals surface area contributed by atoms with E-state index in [4.69, 9.17) is 9.47 Å². The van der Waals surface area contributed by atoms with Crippen LogP contribution in [0.25, 0.3) is 0 Å². The van der Waals surface area contributed by atoms with Gasteiger partial charge in [0.25, 0.3) is 5.91 Å². The zero-order chi connectivity index (χ0) is 14.9. The highest BCUT2D eigenvalue weighted by Gasteiger charge is 2.28. The molecule has 1 fully saturated rings. The number of anilines is 1. The lowest BCUT2D eigenvalue weighted by Crippen LogP contribution is -2.20. The van der Waals surface area contributed by atoms with E-state index in [1.54, 1.807) is 18.3 Å². The lowest BCUT2D eigenvalue weighted by atomic mass is 10.1. The molecule has 4 rings (SSSR count). The fraction of sp³-hybridized carbons (Fsp3) is 0.294. The summed E-state index contributed by atoms with van der Waals surface area (Å²) in [6, 6.07) is 9.08. The van der Waals surface area contributed by atoms with E-state index >= 15 is 0 Å². The number of carbonyl (C=O) groups is 1. The summed E-state index contributed by atoms with van der Waals surface area (Å²) in [6.07, 6.45) is 4.04. The van der Waals surface area contributed by atoms with Crippen molar-refractivity contribution in [3.8, 4) is 11.5 Å². The highest BCUT2D eigenvalue weighted by Crippen LogP contribution is 2.42. The predicted octanol–water partition coefficient (Wildman–Crippen LogP) is 2.98. The van der Waals surface area contributed by atoms with Crippen LogP contribution >= 0.6 is 0 Å². The van der Waals surface area contributed by atoms with Gasteiger partial charge in [-0.15, -0.1) is 0 Å². The largest absolute Gasteiger partial charge is 0.486 e. The topological polar surface area (TPSA) is 60.5 Å². The van der Waals surface area contributed by atoms with Gasteiger partial charge in [0.05, 0.1) is 16.9 Å². The quantitative estimate of drug-likeness (QED) is 0.946. The molecule has 22 heavy (non-hydrogen) atoms. The Hall–Kier alpha value is -2.56. The molecule has 1 aromatic heterocycles. The van der Waals surface area contributed by atoms with Crippen LogP contribution in [0, 0.1) is 0 Å². The maximum atomic E-state index is 12.6. The first-order valence-electron chi connectivity index (χ1n) is 7.48. The Morgan fingerprint density at radius 2 is 2.00 bits per heavy atom. The average Bonchev–Trinajstić information content (AvgIpc) is 3.39. The number of hydrogen-bond donors (Lipinski definition) is 1. The molecule has 1 saturated carbocycles. The summed E-state index contributed by atoms with van der Waals surface area (Å²) < 4.78 is 11.1. The molecular weight excluding hydrogens is 280 g/mol. The molecule has 0 atom stereocenters. The van der Waals surface area contributed by atoms with Crippen molar-refractivity contribution in [1.29, 1.82) is 0 Å². The molecule has 5 nitrogen and oxygen atoms in total. The molecule has 0 bridgehead atoms. The van der Waals surface area contributed by atoms with Crippen LogP contribution in [0.5, 0.6) is 11.5 Å². The standard InChI is InChI=1S/C17H16N2O3/c20-17(12-3-1-5-14-16(12)22-10-9-21-14)19-13-4-2-8-18-15(13)11-6-7-11/h1-5,8,11H,6-7,9-10H2,(H,19,20). The fourth-order valence-corrected chi connectivity index (χ4v) is 2.65. The third kappa shape index (κ3) is 2.39. The number of pyridine rings is 1. The van der Waals surface area contributed by atoms with Gasteiger partial charge >= 0.3 is 0 Å². The minimum Gasteiger partial charge on any atom is -0.486 e. The van der Waals surface area contributed by atoms with Gasteiger partial charge in [0, 0.05) is 12.1 Å². The van der Waals surface area contributed by atoms with Crippen molar-refractivity contribution >= 4 is 11.6 Å². The van der Waals surface area contributed by atoms with Crippen LogP contribution in [0.1, 0.15) is 34.8 Å². The molecule has 5 heteroatoms. The molecule has 1 aromatic carbocycles. The van der Waals surface area contributed by atoms with Gasteiger partial charge in [0.1, 0.15) is 13.2 Å². The Balaban J connectivity index is 1.63. The van der Waals surface area contributed by atoms with E-state index in [2.05, 4.69) is 10.3 Å². The number of aromatic nitrogens is 1. The molecule has 1 aliphatic carbocycles. The summed E-state index contributed by atoms with van der Waals surface area (Å²) in [5, 5.41) is 2.96. The number of nitrogens with zero attached hydrogens (tertiary/aromatic N) is 1. The number of benzene rings is 1. The summed E-state index contributed by atoms with van der Waals surface area (Å²) in [5.41, 5.74) is 2.24. The Morgan fingerprint density at radius 1 is 1.14 bits per heavy atom. The van der Waals surface area contributed by atoms with Crippen molar-refractivity contribution in [3.63, 3.8) is 0 Å². The predicted molar refractivity (Wildman–Crippen MR) is 81.6 cm³/mol. The molecule has 2 aromatic rings. The SMILES string of the molecule is O=C(Nc1cccnc1C1CC1)c1cccc2c1OCCO2. The second kappa shape index (κ2) is 5.33. The van der Waals surface area contributed by atoms with Gasteiger partial charge in [-0.1, -0.05) is 6.07 Å². The Morgan fingerprint density at radius 3 is 2.86 bits per heavy atom. The first kappa shape index (κ1) is 13.1. The van der Waals surface area contributed by atoms with E-state index < -0.39 is 0 Å². The second-order valence-electron chi connectivity index (χ2n) is 5.49. The van der Waals surface area contributed by atoms with Crippen LogP contribution in [0.2, 0.25) is 0 Å². The van der Waals surface area contributed by atoms with Crippen LogP contribution in [-0.2, 0) is 0 Å². The minimum atomic E-state index is -0.197. The van der Waals surface area contributed by atoms with Crippen LogP contribution < -0.4 is 14.8 Å². The van der Waals surface area contributed by atoms with Gasteiger partial charge in [-0.05, 0) is 37.1 Å². The monoisotopic (exact) mass is 296 g/mol. The molecule has 2 aliphatic rings. The zero-order valence-corrected chi connectivity index (χ0v) is 12.0. The van der Waals surface area contributed by atoms with E-state index in [-0.39, 0.29) is 5.91 Å². The molecule has 2 heterocycles. The Labute approximate surface area is 128 Å². The number of nitrogens with one attached hydrogen (secondary N) is 1. The number of hydrogen-bond acceptors (Lipinski definition) is 4. The molecular formula is C17H16N2O3. The van der Waals surface area contributed by atoms with Crippen molar-refractivity contribution in [2.24, 2.45) is 0 Å². The van der Waals surface area contributed by atoms with Crippen molar-refractivity contribution in [3.05, 3.63) is 47.8 Å². The van der Waals surface area contributed by atoms with Gasteiger partial charge in [0.15, 0.2) is 11.5 Å². The van der Waals surface area contributed by atoms with E-state index in [1.165, 1.54) is 0 Å². The highest BCUT2D eigenvalue weighted by atomic mass is 16.6. The minimum absolute atomic E-state index is 0.197. The zero-order valence-electron chi connectivity index (χ0n) is 12.0. The number of amides is 1. The summed E-state index contributed by atoms with van der Waals surface area (Å²) in [4.78, 5) is 17.0. The van der Waals surface area contributed by atoms with Gasteiger partial charge in [-0.3, -0.25) is 9.78 Å². The van der Waals surface area contributed by atoms with Crippen LogP contribution in [0.15, 0.2) is 36.5 Å². The normalized spacial score (nSPS) is 16.2. The molecule has 0 radical (unpaired) electrons. The van der Waals surface area contributed by atoms with E-state index in [1.807, 2.05) is 18.2 Å². The number of ether oxygens (including phenoxy) is 2. The summed E-state index contributed by atoms with van der Waals surface area (Å²) in [6.45, 7) is 0.962. The average molecular weight is 296 g/mol. The Bertz CT molecular complexity index is 726. The molecule has 1 N–H and O–H groups in total. The molecule has 0 unspecified atom stereocenters. The number of carbonyl (C=O) groups excluding carboxylic acids is 1. The van der Waals surface area contributed by atoms with Crippen LogP contribution in [0.3, 0.4) is 0 Å². The maximum Gasteiger partial charge on any atom is 0.259 e. The van der Waals surface area contributed by atoms with Gasteiger partial charge in [-0.25, -0.2) is 0 Å². The second-order valence-corrected chi connectivity index (χ2v) is 5.49. The van der Waals surface area contributed by atoms with Gasteiger partial charge in [0.2, 0.25) is 0 Å². The summed E-state index contributed by atoms with van der Waals surface area (Å²) in [5.74, 6) is 1.41. The van der Waals surface area contributed by atoms with Gasteiger partial charge in [-0.2, -0.15) is 0 Å². The van der Waals surface area contributed by atoms with Crippen molar-refractivity contribution in [1.82, 2.24) is 4.98 Å². The summed E-state index contributed by atoms with van der Waals surface area (Å²) >= 11 is 0. The van der Waals surface area contributed by atoms with Crippen LogP contribution in [-0.4, -0.2) is 24.1 Å². The third-order valence-corrected chi connectivity index (χ3v) is 3.86. The van der Waals surface area contributed by atoms with Crippen LogP contribution in [0.4, 0.5) is 5.69 Å². The summed E-state index contributed by atoms with van der Waals surface area (Å²) in [7, 11) is 0. The van der Waals surface area contributed by atoms with Gasteiger partial charge < -0.3 is 14.8 Å². The molecule has 0 saturated heterocycles. The molecule has 112 valence electrons. The lowest BCUT2D eigenvalue weighted by molar-refractivity contribution is 0.101. The van der Waals surface area contributed by atoms with Crippen molar-refractivity contribution in [2.45, 2.75) is 18.8 Å². The highest BCUT2D eigenvalue weighted by molar-refractivity contribution is 6.07. The van der Waals surface area contributed by atoms with E-state index in [0.29, 0.717) is 36.2 Å². The van der Waals surface area contributed by atoms with E-state index in [0.717, 1.165) is 24.2 Å². The number of rotatable bonds is 3. The Kier molecular flexibility index (Phi) is 3.18. The van der Waals surface area contributed by atoms with Crippen molar-refractivity contribution < 1.29 is 14.3 Å². The number of fused-ring (bicyclic) bond motifs is 1. The molecule has 1 amide bonds. The fourth-order valence-electron chi connectivity index (χ4n) is 2.65. The molecule has 1 aliphatic heterocycles. The first-order valence-corrected chi connectivity index (χ1v) is 7.48. The maximum absolute atomic E-state index is 12.6. The molecule has 0 spiro atoms. The first-order chi connectivity index (χ1) is 10.8. The van der Waals surface area contributed by atoms with E-state index in [9.17, 15) is 4.79 Å². The lowest BCUT2D eigenvalue weighted by Gasteiger charge is -2.20. The smallest absolute Gasteiger partial charge is 0.259 e. The number of para-hydroxylation sites is 1.